The monoisotopic (exact) mass is 205 g/mol. The van der Waals surface area contributed by atoms with E-state index in [2.05, 4.69) is 24.4 Å². The second-order valence-corrected chi connectivity index (χ2v) is 4.33. The third kappa shape index (κ3) is 2.32. The molecule has 1 aromatic rings. The number of para-hydroxylation sites is 1. The molecular formula is C13H19NO. The maximum Gasteiger partial charge on any atom is 0.122 e. The molecule has 1 heterocycles. The molecule has 1 aliphatic rings. The first-order valence-corrected chi connectivity index (χ1v) is 5.67. The standard InChI is InChI=1S/C13H19NO/c1-10-7-8-11(9-14-10)12-5-3-4-6-13(12)15-2/h3-6,10-11,14H,7-9H2,1-2H3. The van der Waals surface area contributed by atoms with Crippen LogP contribution in [0.3, 0.4) is 0 Å². The Bertz CT molecular complexity index is 316. The molecule has 82 valence electrons. The van der Waals surface area contributed by atoms with Crippen LogP contribution in [-0.2, 0) is 0 Å². The van der Waals surface area contributed by atoms with Crippen LogP contribution in [0.25, 0.3) is 0 Å². The Morgan fingerprint density at radius 2 is 2.07 bits per heavy atom. The van der Waals surface area contributed by atoms with Crippen molar-refractivity contribution in [3.05, 3.63) is 29.8 Å². The van der Waals surface area contributed by atoms with E-state index in [9.17, 15) is 0 Å². The lowest BCUT2D eigenvalue weighted by Crippen LogP contribution is -2.35. The molecular weight excluding hydrogens is 186 g/mol. The highest BCUT2D eigenvalue weighted by Gasteiger charge is 2.21. The first kappa shape index (κ1) is 10.5. The Labute approximate surface area is 91.6 Å². The lowest BCUT2D eigenvalue weighted by atomic mass is 9.88. The van der Waals surface area contributed by atoms with E-state index in [1.54, 1.807) is 7.11 Å². The maximum atomic E-state index is 5.40. The van der Waals surface area contributed by atoms with Gasteiger partial charge in [0, 0.05) is 18.5 Å². The Morgan fingerprint density at radius 1 is 1.27 bits per heavy atom. The van der Waals surface area contributed by atoms with E-state index in [1.165, 1.54) is 18.4 Å². The van der Waals surface area contributed by atoms with Crippen molar-refractivity contribution in [2.24, 2.45) is 0 Å². The molecule has 0 aliphatic carbocycles. The average molecular weight is 205 g/mol. The summed E-state index contributed by atoms with van der Waals surface area (Å²) in [6, 6.07) is 9.02. The summed E-state index contributed by atoms with van der Waals surface area (Å²) in [4.78, 5) is 0. The SMILES string of the molecule is COc1ccccc1C1CCC(C)NC1. The molecule has 2 atom stereocenters. The summed E-state index contributed by atoms with van der Waals surface area (Å²) >= 11 is 0. The Hall–Kier alpha value is -1.02. The van der Waals surface area contributed by atoms with Gasteiger partial charge in [0.15, 0.2) is 0 Å². The average Bonchev–Trinajstić information content (AvgIpc) is 2.30. The van der Waals surface area contributed by atoms with E-state index in [0.717, 1.165) is 12.3 Å². The number of hydrogen-bond acceptors (Lipinski definition) is 2. The molecule has 0 amide bonds. The molecule has 1 aliphatic heterocycles. The van der Waals surface area contributed by atoms with Gasteiger partial charge in [-0.15, -0.1) is 0 Å². The summed E-state index contributed by atoms with van der Waals surface area (Å²) in [5, 5.41) is 3.53. The zero-order chi connectivity index (χ0) is 10.7. The number of hydrogen-bond donors (Lipinski definition) is 1. The highest BCUT2D eigenvalue weighted by molar-refractivity contribution is 5.36. The lowest BCUT2D eigenvalue weighted by molar-refractivity contribution is 0.364. The van der Waals surface area contributed by atoms with Crippen molar-refractivity contribution in [3.63, 3.8) is 0 Å². The molecule has 15 heavy (non-hydrogen) atoms. The van der Waals surface area contributed by atoms with Crippen molar-refractivity contribution in [1.29, 1.82) is 0 Å². The molecule has 2 rings (SSSR count). The predicted octanol–water partition coefficient (Wildman–Crippen LogP) is 2.55. The van der Waals surface area contributed by atoms with Crippen LogP contribution in [0.5, 0.6) is 5.75 Å². The maximum absolute atomic E-state index is 5.40. The van der Waals surface area contributed by atoms with Crippen LogP contribution in [0.15, 0.2) is 24.3 Å². The first-order chi connectivity index (χ1) is 7.31. The molecule has 0 aromatic heterocycles. The fourth-order valence-electron chi connectivity index (χ4n) is 2.27. The fraction of sp³-hybridized carbons (Fsp3) is 0.538. The van der Waals surface area contributed by atoms with Crippen LogP contribution in [0.2, 0.25) is 0 Å². The van der Waals surface area contributed by atoms with Gasteiger partial charge in [-0.3, -0.25) is 0 Å². The van der Waals surface area contributed by atoms with Gasteiger partial charge in [-0.1, -0.05) is 18.2 Å². The molecule has 0 saturated carbocycles. The molecule has 0 spiro atoms. The van der Waals surface area contributed by atoms with E-state index in [1.807, 2.05) is 12.1 Å². The number of piperidine rings is 1. The van der Waals surface area contributed by atoms with E-state index in [0.29, 0.717) is 12.0 Å². The van der Waals surface area contributed by atoms with E-state index in [4.69, 9.17) is 4.74 Å². The summed E-state index contributed by atoms with van der Waals surface area (Å²) in [7, 11) is 1.75. The Kier molecular flexibility index (Phi) is 3.27. The largest absolute Gasteiger partial charge is 0.496 e. The van der Waals surface area contributed by atoms with Crippen LogP contribution in [0, 0.1) is 0 Å². The van der Waals surface area contributed by atoms with Crippen LogP contribution in [-0.4, -0.2) is 19.7 Å². The van der Waals surface area contributed by atoms with Crippen molar-refractivity contribution in [1.82, 2.24) is 5.32 Å². The van der Waals surface area contributed by atoms with Crippen molar-refractivity contribution in [2.75, 3.05) is 13.7 Å². The smallest absolute Gasteiger partial charge is 0.122 e. The van der Waals surface area contributed by atoms with Crippen LogP contribution in [0.4, 0.5) is 0 Å². The molecule has 1 N–H and O–H groups in total. The quantitative estimate of drug-likeness (QED) is 0.801. The van der Waals surface area contributed by atoms with Crippen molar-refractivity contribution in [3.8, 4) is 5.75 Å². The van der Waals surface area contributed by atoms with Gasteiger partial charge in [-0.05, 0) is 31.4 Å². The van der Waals surface area contributed by atoms with Gasteiger partial charge in [0.1, 0.15) is 5.75 Å². The van der Waals surface area contributed by atoms with Crippen LogP contribution < -0.4 is 10.1 Å². The van der Waals surface area contributed by atoms with Gasteiger partial charge in [0.25, 0.3) is 0 Å². The molecule has 0 radical (unpaired) electrons. The molecule has 1 aromatic carbocycles. The second kappa shape index (κ2) is 4.67. The zero-order valence-corrected chi connectivity index (χ0v) is 9.49. The molecule has 1 saturated heterocycles. The van der Waals surface area contributed by atoms with Gasteiger partial charge >= 0.3 is 0 Å². The zero-order valence-electron chi connectivity index (χ0n) is 9.49. The topological polar surface area (TPSA) is 21.3 Å². The lowest BCUT2D eigenvalue weighted by Gasteiger charge is -2.28. The number of methoxy groups -OCH3 is 1. The van der Waals surface area contributed by atoms with E-state index >= 15 is 0 Å². The fourth-order valence-corrected chi connectivity index (χ4v) is 2.27. The Balaban J connectivity index is 2.15. The van der Waals surface area contributed by atoms with Crippen molar-refractivity contribution in [2.45, 2.75) is 31.7 Å². The van der Waals surface area contributed by atoms with Gasteiger partial charge in [-0.2, -0.15) is 0 Å². The van der Waals surface area contributed by atoms with Gasteiger partial charge in [0.2, 0.25) is 0 Å². The van der Waals surface area contributed by atoms with Crippen LogP contribution >= 0.6 is 0 Å². The summed E-state index contributed by atoms with van der Waals surface area (Å²) in [6.07, 6.45) is 2.51. The van der Waals surface area contributed by atoms with Crippen molar-refractivity contribution < 1.29 is 4.74 Å². The van der Waals surface area contributed by atoms with E-state index in [-0.39, 0.29) is 0 Å². The minimum Gasteiger partial charge on any atom is -0.496 e. The third-order valence-electron chi connectivity index (χ3n) is 3.24. The third-order valence-corrected chi connectivity index (χ3v) is 3.24. The number of rotatable bonds is 2. The summed E-state index contributed by atoms with van der Waals surface area (Å²) in [5.41, 5.74) is 1.35. The number of benzene rings is 1. The highest BCUT2D eigenvalue weighted by Crippen LogP contribution is 2.31. The molecule has 0 bridgehead atoms. The molecule has 1 fully saturated rings. The van der Waals surface area contributed by atoms with E-state index < -0.39 is 0 Å². The van der Waals surface area contributed by atoms with Crippen molar-refractivity contribution >= 4 is 0 Å². The van der Waals surface area contributed by atoms with Gasteiger partial charge in [-0.25, -0.2) is 0 Å². The van der Waals surface area contributed by atoms with Gasteiger partial charge in [0.05, 0.1) is 7.11 Å². The van der Waals surface area contributed by atoms with Gasteiger partial charge < -0.3 is 10.1 Å². The summed E-state index contributed by atoms with van der Waals surface area (Å²) in [6.45, 7) is 3.32. The number of ether oxygens (including phenoxy) is 1. The minimum atomic E-state index is 0.609. The predicted molar refractivity (Wildman–Crippen MR) is 62.4 cm³/mol. The Morgan fingerprint density at radius 3 is 2.73 bits per heavy atom. The number of nitrogens with one attached hydrogen (secondary N) is 1. The molecule has 2 heteroatoms. The first-order valence-electron chi connectivity index (χ1n) is 5.67. The minimum absolute atomic E-state index is 0.609. The summed E-state index contributed by atoms with van der Waals surface area (Å²) in [5.74, 6) is 1.64. The molecule has 2 unspecified atom stereocenters. The summed E-state index contributed by atoms with van der Waals surface area (Å²) < 4.78 is 5.40. The highest BCUT2D eigenvalue weighted by atomic mass is 16.5. The molecule has 2 nitrogen and oxygen atoms in total. The normalized spacial score (nSPS) is 26.3. The second-order valence-electron chi connectivity index (χ2n) is 4.33. The van der Waals surface area contributed by atoms with Crippen LogP contribution in [0.1, 0.15) is 31.2 Å².